The summed E-state index contributed by atoms with van der Waals surface area (Å²) < 4.78 is 0.963. The van der Waals surface area contributed by atoms with E-state index in [4.69, 9.17) is 17.3 Å². The van der Waals surface area contributed by atoms with E-state index in [0.29, 0.717) is 6.04 Å². The summed E-state index contributed by atoms with van der Waals surface area (Å²) in [4.78, 5) is 2.38. The fourth-order valence-electron chi connectivity index (χ4n) is 1.90. The van der Waals surface area contributed by atoms with Gasteiger partial charge in [0.25, 0.3) is 0 Å². The normalized spacial score (nSPS) is 20.8. The molecule has 1 aliphatic heterocycles. The summed E-state index contributed by atoms with van der Waals surface area (Å²) in [5.74, 6) is 0. The highest BCUT2D eigenvalue weighted by Crippen LogP contribution is 2.24. The molecule has 2 N–H and O–H groups in total. The number of nitrogens with two attached hydrogens (primary N) is 1. The van der Waals surface area contributed by atoms with Crippen LogP contribution in [0.25, 0.3) is 0 Å². The predicted octanol–water partition coefficient (Wildman–Crippen LogP) is 3.06. The van der Waals surface area contributed by atoms with Gasteiger partial charge in [-0.2, -0.15) is 0 Å². The topological polar surface area (TPSA) is 29.3 Å². The van der Waals surface area contributed by atoms with Crippen molar-refractivity contribution in [3.05, 3.63) is 33.3 Å². The molecule has 1 fully saturated rings. The van der Waals surface area contributed by atoms with E-state index in [0.717, 1.165) is 35.6 Å². The van der Waals surface area contributed by atoms with Gasteiger partial charge in [-0.3, -0.25) is 4.90 Å². The maximum atomic E-state index is 5.94. The molecule has 0 bridgehead atoms. The monoisotopic (exact) mass is 324 g/mol. The van der Waals surface area contributed by atoms with Crippen molar-refractivity contribution in [2.45, 2.75) is 19.0 Å². The van der Waals surface area contributed by atoms with E-state index >= 15 is 0 Å². The van der Waals surface area contributed by atoms with Crippen LogP contribution in [0.2, 0.25) is 5.02 Å². The van der Waals surface area contributed by atoms with Gasteiger partial charge in [0.1, 0.15) is 0 Å². The molecule has 2 nitrogen and oxygen atoms in total. The van der Waals surface area contributed by atoms with Crippen LogP contribution < -0.4 is 5.73 Å². The summed E-state index contributed by atoms with van der Waals surface area (Å²) in [5.41, 5.74) is 7.14. The average Bonchev–Trinajstić information content (AvgIpc) is 2.58. The first-order valence-electron chi connectivity index (χ1n) is 5.07. The van der Waals surface area contributed by atoms with Gasteiger partial charge in [0.15, 0.2) is 0 Å². The molecule has 1 aliphatic rings. The van der Waals surface area contributed by atoms with Gasteiger partial charge in [0.05, 0.1) is 5.02 Å². The van der Waals surface area contributed by atoms with Crippen molar-refractivity contribution < 1.29 is 0 Å². The Bertz CT molecular complexity index is 360. The standard InChI is InChI=1S/C11H14BrClN2.ClH/c12-10-5-8(1-2-11(10)13)6-15-4-3-9(14)7-15;/h1-2,5,9H,3-4,6-7,14H2;1H. The molecule has 90 valence electrons. The second-order valence-corrected chi connectivity index (χ2v) is 5.29. The number of halogens is 3. The average molecular weight is 326 g/mol. The van der Waals surface area contributed by atoms with Gasteiger partial charge >= 0.3 is 0 Å². The van der Waals surface area contributed by atoms with E-state index in [1.807, 2.05) is 6.07 Å². The highest BCUT2D eigenvalue weighted by Gasteiger charge is 2.18. The summed E-state index contributed by atoms with van der Waals surface area (Å²) in [6.07, 6.45) is 1.11. The van der Waals surface area contributed by atoms with Gasteiger partial charge in [0, 0.05) is 30.1 Å². The second-order valence-electron chi connectivity index (χ2n) is 4.03. The first-order valence-corrected chi connectivity index (χ1v) is 6.24. The van der Waals surface area contributed by atoms with Gasteiger partial charge in [0.2, 0.25) is 0 Å². The van der Waals surface area contributed by atoms with Crippen LogP contribution in [-0.4, -0.2) is 24.0 Å². The second kappa shape index (κ2) is 6.22. The molecule has 16 heavy (non-hydrogen) atoms. The molecule has 1 unspecified atom stereocenters. The molecule has 1 aromatic carbocycles. The van der Waals surface area contributed by atoms with Gasteiger partial charge in [-0.05, 0) is 40.0 Å². The Morgan fingerprint density at radius 1 is 1.50 bits per heavy atom. The molecule has 0 spiro atoms. The van der Waals surface area contributed by atoms with Gasteiger partial charge in [-0.25, -0.2) is 0 Å². The van der Waals surface area contributed by atoms with Crippen molar-refractivity contribution in [3.63, 3.8) is 0 Å². The Morgan fingerprint density at radius 2 is 2.25 bits per heavy atom. The predicted molar refractivity (Wildman–Crippen MR) is 74.3 cm³/mol. The Kier molecular flexibility index (Phi) is 5.54. The molecule has 0 radical (unpaired) electrons. The summed E-state index contributed by atoms with van der Waals surface area (Å²) in [6.45, 7) is 3.06. The molecular weight excluding hydrogens is 311 g/mol. The fraction of sp³-hybridized carbons (Fsp3) is 0.455. The van der Waals surface area contributed by atoms with Crippen LogP contribution >= 0.6 is 39.9 Å². The number of hydrogen-bond acceptors (Lipinski definition) is 2. The van der Waals surface area contributed by atoms with E-state index in [-0.39, 0.29) is 12.4 Å². The number of likely N-dealkylation sites (tertiary alicyclic amines) is 1. The van der Waals surface area contributed by atoms with Gasteiger partial charge < -0.3 is 5.73 Å². The lowest BCUT2D eigenvalue weighted by molar-refractivity contribution is 0.327. The zero-order valence-corrected chi connectivity index (χ0v) is 12.0. The fourth-order valence-corrected chi connectivity index (χ4v) is 2.45. The Hall–Kier alpha value is 0.200. The van der Waals surface area contributed by atoms with Crippen LogP contribution in [0.3, 0.4) is 0 Å². The van der Waals surface area contributed by atoms with E-state index in [2.05, 4.69) is 33.0 Å². The molecule has 2 rings (SSSR count). The van der Waals surface area contributed by atoms with Crippen LogP contribution in [0.15, 0.2) is 22.7 Å². The lowest BCUT2D eigenvalue weighted by atomic mass is 10.2. The molecule has 0 aliphatic carbocycles. The van der Waals surface area contributed by atoms with Crippen LogP contribution in [0, 0.1) is 0 Å². The third kappa shape index (κ3) is 3.60. The Labute approximate surface area is 116 Å². The van der Waals surface area contributed by atoms with Crippen LogP contribution in [0.5, 0.6) is 0 Å². The van der Waals surface area contributed by atoms with Crippen molar-refractivity contribution >= 4 is 39.9 Å². The maximum absolute atomic E-state index is 5.94. The van der Waals surface area contributed by atoms with Crippen molar-refractivity contribution in [2.24, 2.45) is 5.73 Å². The molecule has 5 heteroatoms. The van der Waals surface area contributed by atoms with Crippen LogP contribution in [0.4, 0.5) is 0 Å². The molecule has 1 saturated heterocycles. The SMILES string of the molecule is Cl.NC1CCN(Cc2ccc(Cl)c(Br)c2)C1. The highest BCUT2D eigenvalue weighted by atomic mass is 79.9. The summed E-state index contributed by atoms with van der Waals surface area (Å²) in [7, 11) is 0. The molecule has 1 heterocycles. The minimum atomic E-state index is 0. The van der Waals surface area contributed by atoms with E-state index in [1.54, 1.807) is 0 Å². The van der Waals surface area contributed by atoms with Crippen molar-refractivity contribution in [1.29, 1.82) is 0 Å². The van der Waals surface area contributed by atoms with E-state index in [1.165, 1.54) is 5.56 Å². The third-order valence-corrected chi connectivity index (χ3v) is 3.91. The summed E-state index contributed by atoms with van der Waals surface area (Å²) in [6, 6.07) is 6.42. The van der Waals surface area contributed by atoms with E-state index < -0.39 is 0 Å². The smallest absolute Gasteiger partial charge is 0.0548 e. The largest absolute Gasteiger partial charge is 0.326 e. The minimum Gasteiger partial charge on any atom is -0.326 e. The van der Waals surface area contributed by atoms with Crippen LogP contribution in [-0.2, 0) is 6.54 Å². The molecule has 1 atom stereocenters. The first kappa shape index (κ1) is 14.3. The molecule has 0 aromatic heterocycles. The van der Waals surface area contributed by atoms with Crippen molar-refractivity contribution in [2.75, 3.05) is 13.1 Å². The molecule has 0 saturated carbocycles. The minimum absolute atomic E-state index is 0. The summed E-state index contributed by atoms with van der Waals surface area (Å²) >= 11 is 9.37. The zero-order chi connectivity index (χ0) is 10.8. The molecule has 0 amide bonds. The maximum Gasteiger partial charge on any atom is 0.0548 e. The quantitative estimate of drug-likeness (QED) is 0.905. The zero-order valence-electron chi connectivity index (χ0n) is 8.83. The van der Waals surface area contributed by atoms with Crippen molar-refractivity contribution in [1.82, 2.24) is 4.90 Å². The van der Waals surface area contributed by atoms with E-state index in [9.17, 15) is 0 Å². The summed E-state index contributed by atoms with van der Waals surface area (Å²) in [5, 5.41) is 0.761. The third-order valence-electron chi connectivity index (χ3n) is 2.70. The number of benzene rings is 1. The van der Waals surface area contributed by atoms with Gasteiger partial charge in [-0.1, -0.05) is 17.7 Å². The lowest BCUT2D eigenvalue weighted by Gasteiger charge is -2.15. The highest BCUT2D eigenvalue weighted by molar-refractivity contribution is 9.10. The number of hydrogen-bond donors (Lipinski definition) is 1. The van der Waals surface area contributed by atoms with Crippen LogP contribution in [0.1, 0.15) is 12.0 Å². The van der Waals surface area contributed by atoms with Gasteiger partial charge in [-0.15, -0.1) is 12.4 Å². The van der Waals surface area contributed by atoms with Crippen molar-refractivity contribution in [3.8, 4) is 0 Å². The number of nitrogens with zero attached hydrogens (tertiary/aromatic N) is 1. The lowest BCUT2D eigenvalue weighted by Crippen LogP contribution is -2.26. The molecular formula is C11H15BrCl2N2. The number of rotatable bonds is 2. The first-order chi connectivity index (χ1) is 7.15. The Morgan fingerprint density at radius 3 is 2.81 bits per heavy atom. The molecule has 1 aromatic rings. The Balaban J connectivity index is 0.00000128.